The third-order valence-electron chi connectivity index (χ3n) is 6.11. The van der Waals surface area contributed by atoms with Gasteiger partial charge in [0.2, 0.25) is 0 Å². The van der Waals surface area contributed by atoms with Crippen molar-refractivity contribution in [1.82, 2.24) is 4.57 Å². The van der Waals surface area contributed by atoms with Crippen LogP contribution >= 0.6 is 0 Å². The molecule has 4 aromatic carbocycles. The minimum Gasteiger partial charge on any atom is -0.459 e. The summed E-state index contributed by atoms with van der Waals surface area (Å²) in [6.07, 6.45) is -1.37. The first kappa shape index (κ1) is 24.0. The molecule has 37 heavy (non-hydrogen) atoms. The van der Waals surface area contributed by atoms with E-state index in [0.29, 0.717) is 28.1 Å². The SMILES string of the molecule is O=C(OCc1ccccc1)C(C(O)c1ccccc1)n1c(-c2ccccc2)c(-c2ccccc2)oc1=O. The molecule has 0 saturated heterocycles. The lowest BCUT2D eigenvalue weighted by Crippen LogP contribution is -2.34. The molecule has 0 fully saturated rings. The van der Waals surface area contributed by atoms with Crippen LogP contribution in [0.1, 0.15) is 23.3 Å². The second-order valence-corrected chi connectivity index (χ2v) is 8.54. The highest BCUT2D eigenvalue weighted by Crippen LogP contribution is 2.37. The minimum atomic E-state index is -1.39. The van der Waals surface area contributed by atoms with Crippen molar-refractivity contribution in [3.05, 3.63) is 143 Å². The van der Waals surface area contributed by atoms with Crippen molar-refractivity contribution in [1.29, 1.82) is 0 Å². The first-order chi connectivity index (χ1) is 18.1. The van der Waals surface area contributed by atoms with E-state index in [2.05, 4.69) is 0 Å². The predicted octanol–water partition coefficient (Wildman–Crippen LogP) is 5.79. The molecule has 0 spiro atoms. The molecule has 1 heterocycles. The van der Waals surface area contributed by atoms with E-state index in [1.165, 1.54) is 4.57 Å². The van der Waals surface area contributed by atoms with E-state index in [-0.39, 0.29) is 6.61 Å². The van der Waals surface area contributed by atoms with Crippen molar-refractivity contribution in [2.75, 3.05) is 0 Å². The number of nitrogens with zero attached hydrogens (tertiary/aromatic N) is 1. The largest absolute Gasteiger partial charge is 0.459 e. The molecular weight excluding hydrogens is 466 g/mol. The van der Waals surface area contributed by atoms with E-state index >= 15 is 0 Å². The number of aliphatic hydroxyl groups is 1. The highest BCUT2D eigenvalue weighted by molar-refractivity contribution is 5.81. The molecule has 0 aliphatic heterocycles. The van der Waals surface area contributed by atoms with Gasteiger partial charge in [0.25, 0.3) is 0 Å². The Labute approximate surface area is 214 Å². The van der Waals surface area contributed by atoms with Gasteiger partial charge in [-0.05, 0) is 11.1 Å². The molecule has 5 rings (SSSR count). The zero-order valence-electron chi connectivity index (χ0n) is 19.9. The Hall–Kier alpha value is -4.68. The van der Waals surface area contributed by atoms with Gasteiger partial charge in [0.1, 0.15) is 12.7 Å². The van der Waals surface area contributed by atoms with Gasteiger partial charge in [0.05, 0.1) is 5.69 Å². The third kappa shape index (κ3) is 5.15. The van der Waals surface area contributed by atoms with E-state index in [1.807, 2.05) is 97.1 Å². The first-order valence-electron chi connectivity index (χ1n) is 11.9. The molecule has 0 saturated carbocycles. The van der Waals surface area contributed by atoms with Gasteiger partial charge in [0, 0.05) is 11.1 Å². The van der Waals surface area contributed by atoms with Crippen LogP contribution < -0.4 is 5.76 Å². The van der Waals surface area contributed by atoms with Crippen molar-refractivity contribution in [2.24, 2.45) is 0 Å². The van der Waals surface area contributed by atoms with Crippen molar-refractivity contribution >= 4 is 5.97 Å². The fraction of sp³-hybridized carbons (Fsp3) is 0.0968. The monoisotopic (exact) mass is 491 g/mol. The number of benzene rings is 4. The third-order valence-corrected chi connectivity index (χ3v) is 6.11. The highest BCUT2D eigenvalue weighted by Gasteiger charge is 2.37. The summed E-state index contributed by atoms with van der Waals surface area (Å²) >= 11 is 0. The van der Waals surface area contributed by atoms with Crippen LogP contribution in [-0.4, -0.2) is 15.6 Å². The molecule has 6 heteroatoms. The fourth-order valence-electron chi connectivity index (χ4n) is 4.31. The minimum absolute atomic E-state index is 0.00347. The lowest BCUT2D eigenvalue weighted by atomic mass is 10.00. The number of aliphatic hydroxyl groups excluding tert-OH is 1. The smallest absolute Gasteiger partial charge is 0.420 e. The van der Waals surface area contributed by atoms with Crippen LogP contribution in [0, 0.1) is 0 Å². The van der Waals surface area contributed by atoms with Crippen LogP contribution in [0.25, 0.3) is 22.6 Å². The molecule has 0 bridgehead atoms. The summed E-state index contributed by atoms with van der Waals surface area (Å²) in [5.41, 5.74) is 2.97. The standard InChI is InChI=1S/C31H25NO5/c33-28(24-17-9-3-10-18-24)27(30(34)36-21-22-13-5-1-6-14-22)32-26(23-15-7-2-8-16-23)29(37-31(32)35)25-19-11-4-12-20-25/h1-20,27-28,33H,21H2. The Bertz CT molecular complexity index is 1510. The number of rotatable bonds is 8. The lowest BCUT2D eigenvalue weighted by Gasteiger charge is -2.24. The second-order valence-electron chi connectivity index (χ2n) is 8.54. The van der Waals surface area contributed by atoms with Crippen LogP contribution in [0.2, 0.25) is 0 Å². The number of ether oxygens (including phenoxy) is 1. The molecule has 2 unspecified atom stereocenters. The zero-order chi connectivity index (χ0) is 25.6. The van der Waals surface area contributed by atoms with E-state index in [4.69, 9.17) is 9.15 Å². The van der Waals surface area contributed by atoms with E-state index < -0.39 is 23.9 Å². The Morgan fingerprint density at radius 1 is 0.757 bits per heavy atom. The maximum Gasteiger partial charge on any atom is 0.420 e. The Kier molecular flexibility index (Phi) is 7.10. The number of aromatic nitrogens is 1. The number of carbonyl (C=O) groups is 1. The molecule has 0 aliphatic carbocycles. The van der Waals surface area contributed by atoms with Gasteiger partial charge in [0.15, 0.2) is 11.8 Å². The molecule has 2 atom stereocenters. The van der Waals surface area contributed by atoms with Gasteiger partial charge < -0.3 is 14.3 Å². The Morgan fingerprint density at radius 3 is 1.86 bits per heavy atom. The summed E-state index contributed by atoms with van der Waals surface area (Å²) in [6.45, 7) is -0.00347. The summed E-state index contributed by atoms with van der Waals surface area (Å²) < 4.78 is 12.6. The van der Waals surface area contributed by atoms with Gasteiger partial charge in [-0.15, -0.1) is 0 Å². The number of esters is 1. The number of hydrogen-bond acceptors (Lipinski definition) is 5. The van der Waals surface area contributed by atoms with Crippen LogP contribution in [0.4, 0.5) is 0 Å². The molecule has 0 radical (unpaired) electrons. The van der Waals surface area contributed by atoms with E-state index in [9.17, 15) is 14.7 Å². The quantitative estimate of drug-likeness (QED) is 0.278. The van der Waals surface area contributed by atoms with E-state index in [1.54, 1.807) is 24.3 Å². The average molecular weight is 492 g/mol. The van der Waals surface area contributed by atoms with Crippen molar-refractivity contribution < 1.29 is 19.1 Å². The summed E-state index contributed by atoms with van der Waals surface area (Å²) in [4.78, 5) is 27.1. The van der Waals surface area contributed by atoms with Crippen LogP contribution in [0.5, 0.6) is 0 Å². The Balaban J connectivity index is 1.66. The highest BCUT2D eigenvalue weighted by atomic mass is 16.5. The van der Waals surface area contributed by atoms with Crippen LogP contribution in [0.3, 0.4) is 0 Å². The topological polar surface area (TPSA) is 81.7 Å². The summed E-state index contributed by atoms with van der Waals surface area (Å²) in [5, 5.41) is 11.5. The average Bonchev–Trinajstić information content (AvgIpc) is 3.30. The van der Waals surface area contributed by atoms with Crippen LogP contribution in [0.15, 0.2) is 131 Å². The number of oxazole rings is 1. The Morgan fingerprint density at radius 2 is 1.27 bits per heavy atom. The van der Waals surface area contributed by atoms with Crippen molar-refractivity contribution in [3.63, 3.8) is 0 Å². The van der Waals surface area contributed by atoms with Crippen molar-refractivity contribution in [3.8, 4) is 22.6 Å². The van der Waals surface area contributed by atoms with E-state index in [0.717, 1.165) is 5.56 Å². The molecule has 0 amide bonds. The van der Waals surface area contributed by atoms with Crippen LogP contribution in [-0.2, 0) is 16.1 Å². The second kappa shape index (κ2) is 10.9. The molecular formula is C31H25NO5. The number of hydrogen-bond donors (Lipinski definition) is 1. The summed E-state index contributed by atoms with van der Waals surface area (Å²) in [5.74, 6) is -1.22. The maximum atomic E-state index is 13.6. The van der Waals surface area contributed by atoms with Crippen molar-refractivity contribution in [2.45, 2.75) is 18.8 Å². The normalized spacial score (nSPS) is 12.6. The summed E-state index contributed by atoms with van der Waals surface area (Å²) in [7, 11) is 0. The number of carbonyl (C=O) groups excluding carboxylic acids is 1. The first-order valence-corrected chi connectivity index (χ1v) is 11.9. The molecule has 6 nitrogen and oxygen atoms in total. The van der Waals surface area contributed by atoms with Gasteiger partial charge in [-0.3, -0.25) is 4.57 Å². The fourth-order valence-corrected chi connectivity index (χ4v) is 4.31. The molecule has 184 valence electrons. The molecule has 1 N–H and O–H groups in total. The molecule has 0 aliphatic rings. The van der Waals surface area contributed by atoms with Gasteiger partial charge >= 0.3 is 11.7 Å². The predicted molar refractivity (Wildman–Crippen MR) is 141 cm³/mol. The van der Waals surface area contributed by atoms with Gasteiger partial charge in [-0.25, -0.2) is 9.59 Å². The van der Waals surface area contributed by atoms with Gasteiger partial charge in [-0.1, -0.05) is 121 Å². The maximum absolute atomic E-state index is 13.6. The van der Waals surface area contributed by atoms with Gasteiger partial charge in [-0.2, -0.15) is 0 Å². The summed E-state index contributed by atoms with van der Waals surface area (Å²) in [6, 6.07) is 35.0. The zero-order valence-corrected chi connectivity index (χ0v) is 19.9. The molecule has 5 aromatic rings. The molecule has 1 aromatic heterocycles. The lowest BCUT2D eigenvalue weighted by molar-refractivity contribution is -0.153.